The summed E-state index contributed by atoms with van der Waals surface area (Å²) in [6.07, 6.45) is 1.81. The molecule has 0 radical (unpaired) electrons. The third-order valence-corrected chi connectivity index (χ3v) is 7.79. The second kappa shape index (κ2) is 11.2. The molecule has 4 aromatic rings. The lowest BCUT2D eigenvalue weighted by Gasteiger charge is -2.28. The molecule has 35 heavy (non-hydrogen) atoms. The lowest BCUT2D eigenvalue weighted by atomic mass is 10.1. The predicted molar refractivity (Wildman–Crippen MR) is 138 cm³/mol. The van der Waals surface area contributed by atoms with Crippen LogP contribution in [0, 0.1) is 5.82 Å². The Kier molecular flexibility index (Phi) is 8.04. The summed E-state index contributed by atoms with van der Waals surface area (Å²) in [7, 11) is -3.75. The van der Waals surface area contributed by atoms with Crippen molar-refractivity contribution in [3.05, 3.63) is 101 Å². The highest BCUT2D eigenvalue weighted by Gasteiger charge is 2.40. The van der Waals surface area contributed by atoms with Crippen molar-refractivity contribution in [2.75, 3.05) is 18.5 Å². The Morgan fingerprint density at radius 1 is 0.971 bits per heavy atom. The average Bonchev–Trinajstić information content (AvgIpc) is 3.30. The molecule has 4 rings (SSSR count). The van der Waals surface area contributed by atoms with E-state index in [1.807, 2.05) is 48.7 Å². The highest BCUT2D eigenvalue weighted by molar-refractivity contribution is 7.54. The Morgan fingerprint density at radius 2 is 1.60 bits per heavy atom. The highest BCUT2D eigenvalue weighted by Crippen LogP contribution is 2.62. The van der Waals surface area contributed by atoms with Crippen LogP contribution in [0.3, 0.4) is 0 Å². The fraction of sp³-hybridized carbons (Fsp3) is 0.192. The van der Waals surface area contributed by atoms with Gasteiger partial charge in [0.05, 0.1) is 24.6 Å². The topological polar surface area (TPSA) is 65.4 Å². The first-order valence-electron chi connectivity index (χ1n) is 11.3. The van der Waals surface area contributed by atoms with Crippen molar-refractivity contribution in [1.82, 2.24) is 9.78 Å². The normalized spacial score (nSPS) is 12.5. The van der Waals surface area contributed by atoms with Crippen LogP contribution in [-0.2, 0) is 13.6 Å². The second-order valence-corrected chi connectivity index (χ2v) is 10.2. The van der Waals surface area contributed by atoms with Crippen molar-refractivity contribution in [1.29, 1.82) is 0 Å². The van der Waals surface area contributed by atoms with Crippen molar-refractivity contribution < 1.29 is 18.0 Å². The molecule has 3 aromatic carbocycles. The first kappa shape index (κ1) is 25.1. The number of halogens is 2. The molecule has 0 amide bonds. The Hall–Kier alpha value is -2.96. The van der Waals surface area contributed by atoms with Crippen molar-refractivity contribution in [3.8, 4) is 16.9 Å². The van der Waals surface area contributed by atoms with Crippen molar-refractivity contribution in [2.24, 2.45) is 0 Å². The van der Waals surface area contributed by atoms with Gasteiger partial charge in [-0.3, -0.25) is 4.57 Å². The van der Waals surface area contributed by atoms with Gasteiger partial charge in [0.15, 0.2) is 5.78 Å². The zero-order valence-corrected chi connectivity index (χ0v) is 21.0. The Bertz CT molecular complexity index is 1290. The molecule has 0 aliphatic heterocycles. The van der Waals surface area contributed by atoms with Gasteiger partial charge in [-0.2, -0.15) is 5.10 Å². The molecule has 1 aromatic heterocycles. The SMILES string of the molecule is CCOP(=O)(OCC)C(Nc1ccc(F)cc1)c1cn(-c2ccccc2)nc1-c1ccc(Cl)cc1. The molecule has 182 valence electrons. The maximum absolute atomic E-state index is 14.1. The average molecular weight is 514 g/mol. The summed E-state index contributed by atoms with van der Waals surface area (Å²) >= 11 is 6.12. The minimum atomic E-state index is -3.75. The van der Waals surface area contributed by atoms with Crippen molar-refractivity contribution in [3.63, 3.8) is 0 Å². The van der Waals surface area contributed by atoms with Gasteiger partial charge in [-0.15, -0.1) is 0 Å². The van der Waals surface area contributed by atoms with E-state index >= 15 is 0 Å². The molecule has 0 aliphatic rings. The van der Waals surface area contributed by atoms with Crippen LogP contribution in [0.4, 0.5) is 10.1 Å². The Balaban J connectivity index is 1.91. The number of nitrogens with zero attached hydrogens (tertiary/aromatic N) is 2. The van der Waals surface area contributed by atoms with Gasteiger partial charge in [-0.05, 0) is 62.4 Å². The van der Waals surface area contributed by atoms with Crippen LogP contribution in [0.15, 0.2) is 85.1 Å². The molecule has 0 aliphatic carbocycles. The number of nitrogens with one attached hydrogen (secondary N) is 1. The Morgan fingerprint density at radius 3 is 2.20 bits per heavy atom. The first-order chi connectivity index (χ1) is 16.9. The van der Waals surface area contributed by atoms with Crippen LogP contribution in [0.25, 0.3) is 16.9 Å². The van der Waals surface area contributed by atoms with Gasteiger partial charge in [0.25, 0.3) is 0 Å². The van der Waals surface area contributed by atoms with Crippen LogP contribution in [0.1, 0.15) is 25.2 Å². The lowest BCUT2D eigenvalue weighted by molar-refractivity contribution is 0.214. The lowest BCUT2D eigenvalue weighted by Crippen LogP contribution is -2.15. The zero-order chi connectivity index (χ0) is 24.8. The largest absolute Gasteiger partial charge is 0.368 e. The summed E-state index contributed by atoms with van der Waals surface area (Å²) in [6, 6.07) is 22.7. The van der Waals surface area contributed by atoms with E-state index in [1.54, 1.807) is 42.8 Å². The summed E-state index contributed by atoms with van der Waals surface area (Å²) < 4.78 is 40.9. The summed E-state index contributed by atoms with van der Waals surface area (Å²) in [5, 5.41) is 8.68. The number of rotatable bonds is 10. The summed E-state index contributed by atoms with van der Waals surface area (Å²) in [6.45, 7) is 3.88. The van der Waals surface area contributed by atoms with E-state index in [0.717, 1.165) is 11.3 Å². The highest BCUT2D eigenvalue weighted by atomic mass is 35.5. The van der Waals surface area contributed by atoms with Gasteiger partial charge in [0.1, 0.15) is 5.82 Å². The second-order valence-electron chi connectivity index (χ2n) is 7.65. The van der Waals surface area contributed by atoms with Crippen LogP contribution < -0.4 is 5.32 Å². The van der Waals surface area contributed by atoms with Crippen molar-refractivity contribution in [2.45, 2.75) is 19.6 Å². The van der Waals surface area contributed by atoms with E-state index < -0.39 is 13.4 Å². The standard InChI is InChI=1S/C26H26ClFN3O3P/c1-3-33-35(32,34-4-2)26(29-22-16-14-21(28)15-17-22)24-18-31(23-8-6-5-7-9-23)30-25(24)19-10-12-20(27)13-11-19/h5-18,26,29H,3-4H2,1-2H3. The van der Waals surface area contributed by atoms with Gasteiger partial charge in [-0.25, -0.2) is 9.07 Å². The molecule has 9 heteroatoms. The van der Waals surface area contributed by atoms with E-state index in [1.165, 1.54) is 12.1 Å². The van der Waals surface area contributed by atoms with Gasteiger partial charge in [0, 0.05) is 28.0 Å². The number of benzene rings is 3. The Labute approximate surface area is 209 Å². The number of aromatic nitrogens is 2. The molecule has 1 heterocycles. The number of hydrogen-bond donors (Lipinski definition) is 1. The maximum atomic E-state index is 14.1. The molecule has 0 fully saturated rings. The smallest absolute Gasteiger partial charge is 0.357 e. The number of anilines is 1. The molecule has 0 spiro atoms. The van der Waals surface area contributed by atoms with Crippen LogP contribution in [0.2, 0.25) is 5.02 Å². The van der Waals surface area contributed by atoms with Gasteiger partial charge in [-0.1, -0.05) is 41.9 Å². The monoisotopic (exact) mass is 513 g/mol. The third kappa shape index (κ3) is 5.82. The fourth-order valence-electron chi connectivity index (χ4n) is 3.71. The predicted octanol–water partition coefficient (Wildman–Crippen LogP) is 7.71. The molecular formula is C26H26ClFN3O3P. The molecular weight excluding hydrogens is 488 g/mol. The van der Waals surface area contributed by atoms with Crippen LogP contribution in [-0.4, -0.2) is 23.0 Å². The zero-order valence-electron chi connectivity index (χ0n) is 19.4. The van der Waals surface area contributed by atoms with E-state index in [9.17, 15) is 8.96 Å². The molecule has 1 atom stereocenters. The van der Waals surface area contributed by atoms with Crippen molar-refractivity contribution >= 4 is 24.9 Å². The molecule has 1 unspecified atom stereocenters. The van der Waals surface area contributed by atoms with E-state index in [-0.39, 0.29) is 19.0 Å². The molecule has 6 nitrogen and oxygen atoms in total. The minimum Gasteiger partial charge on any atom is -0.368 e. The maximum Gasteiger partial charge on any atom is 0.357 e. The molecule has 0 saturated carbocycles. The van der Waals surface area contributed by atoms with Crippen LogP contribution in [0.5, 0.6) is 0 Å². The summed E-state index contributed by atoms with van der Waals surface area (Å²) in [5.74, 6) is -1.29. The molecule has 0 saturated heterocycles. The quantitative estimate of drug-likeness (QED) is 0.220. The fourth-order valence-corrected chi connectivity index (χ4v) is 5.77. The van der Waals surface area contributed by atoms with Gasteiger partial charge >= 0.3 is 7.60 Å². The summed E-state index contributed by atoms with van der Waals surface area (Å²) in [4.78, 5) is 0. The van der Waals surface area contributed by atoms with E-state index in [4.69, 9.17) is 25.7 Å². The number of para-hydroxylation sites is 1. The minimum absolute atomic E-state index is 0.183. The third-order valence-electron chi connectivity index (χ3n) is 5.26. The van der Waals surface area contributed by atoms with Gasteiger partial charge < -0.3 is 14.4 Å². The number of hydrogen-bond acceptors (Lipinski definition) is 5. The summed E-state index contributed by atoms with van der Waals surface area (Å²) in [5.41, 5.74) is 3.36. The van der Waals surface area contributed by atoms with E-state index in [0.29, 0.717) is 22.0 Å². The van der Waals surface area contributed by atoms with E-state index in [2.05, 4.69) is 5.32 Å². The first-order valence-corrected chi connectivity index (χ1v) is 13.2. The van der Waals surface area contributed by atoms with Gasteiger partial charge in [0.2, 0.25) is 0 Å². The molecule has 1 N–H and O–H groups in total. The molecule has 0 bridgehead atoms. The van der Waals surface area contributed by atoms with Crippen LogP contribution >= 0.6 is 19.2 Å².